The predicted molar refractivity (Wildman–Crippen MR) is 111 cm³/mol. The second-order valence-electron chi connectivity index (χ2n) is 7.68. The number of carbonyl (C=O) groups is 1. The monoisotopic (exact) mass is 510 g/mol. The van der Waals surface area contributed by atoms with Crippen molar-refractivity contribution in [1.82, 2.24) is 40.1 Å². The molecule has 0 saturated heterocycles. The highest BCUT2D eigenvalue weighted by Crippen LogP contribution is 2.36. The van der Waals surface area contributed by atoms with Crippen LogP contribution < -0.4 is 5.32 Å². The van der Waals surface area contributed by atoms with Gasteiger partial charge in [0.2, 0.25) is 0 Å². The smallest absolute Gasteiger partial charge is 0.344 e. The van der Waals surface area contributed by atoms with Crippen molar-refractivity contribution in [2.45, 2.75) is 25.3 Å². The number of hydrogen-bond acceptors (Lipinski definition) is 6. The number of hydrogen-bond donors (Lipinski definition) is 1. The molecule has 1 amide bonds. The highest BCUT2D eigenvalue weighted by molar-refractivity contribution is 5.95. The Morgan fingerprint density at radius 1 is 1.00 bits per heavy atom. The van der Waals surface area contributed by atoms with Crippen LogP contribution in [0.2, 0.25) is 0 Å². The number of rotatable bonds is 5. The van der Waals surface area contributed by atoms with Gasteiger partial charge in [-0.2, -0.15) is 36.1 Å². The molecular formula is C21H16F6N8O. The zero-order valence-electron chi connectivity index (χ0n) is 18.5. The third-order valence-corrected chi connectivity index (χ3v) is 5.00. The van der Waals surface area contributed by atoms with Gasteiger partial charge < -0.3 is 5.32 Å². The predicted octanol–water partition coefficient (Wildman–Crippen LogP) is 3.99. The summed E-state index contributed by atoms with van der Waals surface area (Å²) in [7, 11) is 1.72. The molecule has 0 aliphatic heterocycles. The van der Waals surface area contributed by atoms with Crippen molar-refractivity contribution in [3.05, 3.63) is 71.4 Å². The number of nitrogens with one attached hydrogen (secondary N) is 1. The molecule has 0 radical (unpaired) electrons. The fraction of sp³-hybridized carbons (Fsp3) is 0.238. The minimum Gasteiger partial charge on any atom is -0.344 e. The second kappa shape index (κ2) is 9.05. The van der Waals surface area contributed by atoms with E-state index in [0.29, 0.717) is 18.0 Å². The van der Waals surface area contributed by atoms with Crippen molar-refractivity contribution in [2.24, 2.45) is 7.05 Å². The lowest BCUT2D eigenvalue weighted by Crippen LogP contribution is -2.28. The van der Waals surface area contributed by atoms with Crippen molar-refractivity contribution in [1.29, 1.82) is 0 Å². The van der Waals surface area contributed by atoms with Crippen LogP contribution in [0.4, 0.5) is 26.3 Å². The maximum Gasteiger partial charge on any atom is 0.416 e. The summed E-state index contributed by atoms with van der Waals surface area (Å²) in [5.74, 6) is -0.694. The van der Waals surface area contributed by atoms with Crippen molar-refractivity contribution in [2.75, 3.05) is 0 Å². The first kappa shape index (κ1) is 24.8. The maximum atomic E-state index is 13.2. The number of aryl methyl sites for hydroxylation is 1. The number of carbonyl (C=O) groups excluding carboxylic acids is 1. The molecule has 4 rings (SSSR count). The Morgan fingerprint density at radius 3 is 2.22 bits per heavy atom. The average Bonchev–Trinajstić information content (AvgIpc) is 3.46. The Hall–Kier alpha value is -4.30. The van der Waals surface area contributed by atoms with Gasteiger partial charge in [0.15, 0.2) is 5.82 Å². The Balaban J connectivity index is 1.63. The van der Waals surface area contributed by atoms with E-state index >= 15 is 0 Å². The Kier molecular flexibility index (Phi) is 6.24. The minimum atomic E-state index is -5.08. The van der Waals surface area contributed by atoms with Crippen LogP contribution >= 0.6 is 0 Å². The number of aromatic nitrogens is 7. The molecule has 0 fully saturated rings. The Labute approximate surface area is 198 Å². The van der Waals surface area contributed by atoms with Crippen LogP contribution in [-0.2, 0) is 19.4 Å². The number of amides is 1. The molecule has 1 aromatic carbocycles. The topological polar surface area (TPSA) is 103 Å². The quantitative estimate of drug-likeness (QED) is 0.408. The summed E-state index contributed by atoms with van der Waals surface area (Å²) in [5.41, 5.74) is -3.38. The van der Waals surface area contributed by atoms with Gasteiger partial charge in [-0.25, -0.2) is 0 Å². The summed E-state index contributed by atoms with van der Waals surface area (Å²) in [6, 6.07) is 1.38. The fourth-order valence-electron chi connectivity index (χ4n) is 3.31. The molecule has 0 saturated carbocycles. The summed E-state index contributed by atoms with van der Waals surface area (Å²) < 4.78 is 81.9. The molecule has 36 heavy (non-hydrogen) atoms. The van der Waals surface area contributed by atoms with Crippen molar-refractivity contribution < 1.29 is 31.1 Å². The molecule has 4 aromatic rings. The zero-order valence-corrected chi connectivity index (χ0v) is 18.5. The van der Waals surface area contributed by atoms with Crippen LogP contribution in [0.15, 0.2) is 49.1 Å². The third-order valence-electron chi connectivity index (χ3n) is 5.00. The largest absolute Gasteiger partial charge is 0.416 e. The molecule has 0 unspecified atom stereocenters. The van der Waals surface area contributed by atoms with Gasteiger partial charge in [-0.05, 0) is 25.1 Å². The summed E-state index contributed by atoms with van der Waals surface area (Å²) in [4.78, 5) is 21.1. The SMILES string of the molecule is C[C@H](NC(=O)c1cc(C(F)(F)F)cc(C(F)(F)F)c1)c1nccnc1-c1cn(-c2ccn(C)n2)nn1. The number of nitrogens with zero attached hydrogens (tertiary/aromatic N) is 7. The van der Waals surface area contributed by atoms with E-state index in [1.165, 1.54) is 30.2 Å². The van der Waals surface area contributed by atoms with E-state index in [0.717, 1.165) is 0 Å². The molecule has 188 valence electrons. The molecule has 0 aliphatic rings. The van der Waals surface area contributed by atoms with E-state index in [4.69, 9.17) is 0 Å². The van der Waals surface area contributed by atoms with E-state index in [1.54, 1.807) is 24.0 Å². The maximum absolute atomic E-state index is 13.2. The van der Waals surface area contributed by atoms with Gasteiger partial charge >= 0.3 is 12.4 Å². The van der Waals surface area contributed by atoms with E-state index < -0.39 is 41.0 Å². The zero-order chi connectivity index (χ0) is 26.3. The molecule has 1 N–H and O–H groups in total. The summed E-state index contributed by atoms with van der Waals surface area (Å²) in [6.45, 7) is 1.45. The Bertz CT molecular complexity index is 1380. The molecule has 3 heterocycles. The number of halogens is 6. The lowest BCUT2D eigenvalue weighted by molar-refractivity contribution is -0.143. The van der Waals surface area contributed by atoms with Crippen molar-refractivity contribution in [3.63, 3.8) is 0 Å². The molecule has 1 atom stereocenters. The van der Waals surface area contributed by atoms with Gasteiger partial charge in [-0.3, -0.25) is 19.4 Å². The summed E-state index contributed by atoms with van der Waals surface area (Å²) in [5, 5.41) is 14.6. The standard InChI is InChI=1S/C21H16F6N8O/c1-11(30-19(36)12-7-13(20(22,23)24)9-14(8-12)21(25,26)27)17-18(29-5-4-28-17)15-10-35(33-31-15)16-3-6-34(2)32-16/h3-11H,1-2H3,(H,30,36)/t11-/m0/s1. The van der Waals surface area contributed by atoms with Gasteiger partial charge in [0.1, 0.15) is 11.4 Å². The molecule has 0 spiro atoms. The number of benzene rings is 1. The molecule has 15 heteroatoms. The van der Waals surface area contributed by atoms with Gasteiger partial charge in [-0.15, -0.1) is 5.10 Å². The third kappa shape index (κ3) is 5.18. The van der Waals surface area contributed by atoms with Crippen molar-refractivity contribution >= 4 is 5.91 Å². The van der Waals surface area contributed by atoms with Crippen LogP contribution in [0.3, 0.4) is 0 Å². The normalized spacial score (nSPS) is 13.0. The molecule has 0 bridgehead atoms. The average molecular weight is 510 g/mol. The van der Waals surface area contributed by atoms with Crippen LogP contribution in [-0.4, -0.2) is 40.6 Å². The van der Waals surface area contributed by atoms with Gasteiger partial charge in [0.05, 0.1) is 29.1 Å². The Morgan fingerprint density at radius 2 is 1.64 bits per heavy atom. The first-order valence-corrected chi connectivity index (χ1v) is 10.2. The van der Waals surface area contributed by atoms with Crippen LogP contribution in [0, 0.1) is 0 Å². The minimum absolute atomic E-state index is 0.0497. The highest BCUT2D eigenvalue weighted by Gasteiger charge is 2.37. The molecule has 3 aromatic heterocycles. The first-order valence-electron chi connectivity index (χ1n) is 10.2. The van der Waals surface area contributed by atoms with Crippen LogP contribution in [0.25, 0.3) is 17.2 Å². The molecule has 0 aliphatic carbocycles. The van der Waals surface area contributed by atoms with E-state index in [2.05, 4.69) is 30.7 Å². The summed E-state index contributed by atoms with van der Waals surface area (Å²) >= 11 is 0. The van der Waals surface area contributed by atoms with Crippen LogP contribution in [0.5, 0.6) is 0 Å². The fourth-order valence-corrected chi connectivity index (χ4v) is 3.31. The lowest BCUT2D eigenvalue weighted by Gasteiger charge is -2.17. The van der Waals surface area contributed by atoms with E-state index in [1.807, 2.05) is 0 Å². The number of alkyl halides is 6. The summed E-state index contributed by atoms with van der Waals surface area (Å²) in [6.07, 6.45) is -4.29. The van der Waals surface area contributed by atoms with Gasteiger partial charge in [0, 0.05) is 37.3 Å². The highest BCUT2D eigenvalue weighted by atomic mass is 19.4. The molecule has 9 nitrogen and oxygen atoms in total. The van der Waals surface area contributed by atoms with Gasteiger partial charge in [-0.1, -0.05) is 5.21 Å². The first-order chi connectivity index (χ1) is 16.8. The van der Waals surface area contributed by atoms with Crippen molar-refractivity contribution in [3.8, 4) is 17.2 Å². The lowest BCUT2D eigenvalue weighted by atomic mass is 10.0. The van der Waals surface area contributed by atoms with E-state index in [-0.39, 0.29) is 23.1 Å². The van der Waals surface area contributed by atoms with Gasteiger partial charge in [0.25, 0.3) is 5.91 Å². The second-order valence-corrected chi connectivity index (χ2v) is 7.68. The van der Waals surface area contributed by atoms with E-state index in [9.17, 15) is 31.1 Å². The molecular weight excluding hydrogens is 494 g/mol. The van der Waals surface area contributed by atoms with Crippen LogP contribution in [0.1, 0.15) is 40.1 Å².